The van der Waals surface area contributed by atoms with Crippen molar-refractivity contribution in [3.63, 3.8) is 0 Å². The molecule has 0 saturated carbocycles. The summed E-state index contributed by atoms with van der Waals surface area (Å²) in [4.78, 5) is 0. The molecule has 1 saturated heterocycles. The van der Waals surface area contributed by atoms with E-state index in [2.05, 4.69) is 6.92 Å². The van der Waals surface area contributed by atoms with Gasteiger partial charge in [0.1, 0.15) is 0 Å². The number of hydrogen-bond donors (Lipinski definition) is 1. The van der Waals surface area contributed by atoms with Gasteiger partial charge in [0.25, 0.3) is 0 Å². The van der Waals surface area contributed by atoms with E-state index in [-0.39, 0.29) is 11.8 Å². The standard InChI is InChI=1S/C10H22N2O2S/c1-9-4-5-10(2)12(8-9)15(13,14)7-3-6-11/h9-10H,3-8,11H2,1-2H3. The van der Waals surface area contributed by atoms with Gasteiger partial charge in [0.2, 0.25) is 10.0 Å². The topological polar surface area (TPSA) is 63.4 Å². The molecule has 4 nitrogen and oxygen atoms in total. The molecule has 1 rings (SSSR count). The monoisotopic (exact) mass is 234 g/mol. The van der Waals surface area contributed by atoms with E-state index in [1.807, 2.05) is 6.92 Å². The van der Waals surface area contributed by atoms with Gasteiger partial charge in [-0.2, -0.15) is 4.31 Å². The highest BCUT2D eigenvalue weighted by Gasteiger charge is 2.31. The molecule has 2 N–H and O–H groups in total. The Kier molecular flexibility index (Phi) is 4.55. The third kappa shape index (κ3) is 3.43. The first kappa shape index (κ1) is 12.9. The minimum absolute atomic E-state index is 0.156. The fourth-order valence-corrected chi connectivity index (χ4v) is 3.92. The highest BCUT2D eigenvalue weighted by atomic mass is 32.2. The molecule has 0 aliphatic carbocycles. The smallest absolute Gasteiger partial charge is 0.214 e. The number of nitrogens with two attached hydrogens (primary N) is 1. The van der Waals surface area contributed by atoms with Crippen molar-refractivity contribution in [1.29, 1.82) is 0 Å². The van der Waals surface area contributed by atoms with Gasteiger partial charge >= 0.3 is 0 Å². The van der Waals surface area contributed by atoms with Crippen LogP contribution in [0.1, 0.15) is 33.1 Å². The minimum atomic E-state index is -3.07. The fraction of sp³-hybridized carbons (Fsp3) is 1.00. The first-order valence-corrected chi connectivity index (χ1v) is 7.28. The van der Waals surface area contributed by atoms with Crippen LogP contribution in [0.25, 0.3) is 0 Å². The molecule has 2 unspecified atom stereocenters. The Balaban J connectivity index is 2.67. The molecule has 2 atom stereocenters. The average Bonchev–Trinajstić information content (AvgIpc) is 2.18. The average molecular weight is 234 g/mol. The van der Waals surface area contributed by atoms with E-state index >= 15 is 0 Å². The van der Waals surface area contributed by atoms with Crippen LogP contribution in [-0.2, 0) is 10.0 Å². The van der Waals surface area contributed by atoms with Crippen molar-refractivity contribution in [2.24, 2.45) is 11.7 Å². The highest BCUT2D eigenvalue weighted by Crippen LogP contribution is 2.24. The summed E-state index contributed by atoms with van der Waals surface area (Å²) in [7, 11) is -3.07. The van der Waals surface area contributed by atoms with Gasteiger partial charge in [-0.3, -0.25) is 0 Å². The lowest BCUT2D eigenvalue weighted by Gasteiger charge is -2.35. The molecular formula is C10H22N2O2S. The van der Waals surface area contributed by atoms with E-state index in [0.29, 0.717) is 25.4 Å². The molecule has 0 aromatic heterocycles. The van der Waals surface area contributed by atoms with Crippen molar-refractivity contribution in [3.05, 3.63) is 0 Å². The van der Waals surface area contributed by atoms with Gasteiger partial charge in [-0.1, -0.05) is 6.92 Å². The van der Waals surface area contributed by atoms with Gasteiger partial charge in [0.05, 0.1) is 5.75 Å². The van der Waals surface area contributed by atoms with Crippen molar-refractivity contribution in [3.8, 4) is 0 Å². The Morgan fingerprint density at radius 2 is 2.00 bits per heavy atom. The van der Waals surface area contributed by atoms with E-state index in [9.17, 15) is 8.42 Å². The lowest BCUT2D eigenvalue weighted by Crippen LogP contribution is -2.46. The zero-order valence-corrected chi connectivity index (χ0v) is 10.5. The predicted octanol–water partition coefficient (Wildman–Crippen LogP) is 0.785. The second-order valence-corrected chi connectivity index (χ2v) is 6.60. The largest absolute Gasteiger partial charge is 0.330 e. The Hall–Kier alpha value is -0.130. The normalized spacial score (nSPS) is 29.3. The van der Waals surface area contributed by atoms with Gasteiger partial charge in [0, 0.05) is 12.6 Å². The molecule has 5 heteroatoms. The summed E-state index contributed by atoms with van der Waals surface area (Å²) in [6.45, 7) is 5.22. The molecule has 0 radical (unpaired) electrons. The van der Waals surface area contributed by atoms with E-state index in [1.165, 1.54) is 0 Å². The van der Waals surface area contributed by atoms with Crippen LogP contribution in [0.15, 0.2) is 0 Å². The number of nitrogens with zero attached hydrogens (tertiary/aromatic N) is 1. The SMILES string of the molecule is CC1CCC(C)N(S(=O)(=O)CCCN)C1. The van der Waals surface area contributed by atoms with Crippen molar-refractivity contribution >= 4 is 10.0 Å². The molecule has 1 heterocycles. The second-order valence-electron chi connectivity index (χ2n) is 4.56. The number of sulfonamides is 1. The number of piperidine rings is 1. The summed E-state index contributed by atoms with van der Waals surface area (Å²) in [5.74, 6) is 0.675. The molecule has 1 fully saturated rings. The van der Waals surface area contributed by atoms with E-state index in [0.717, 1.165) is 12.8 Å². The van der Waals surface area contributed by atoms with Crippen molar-refractivity contribution in [1.82, 2.24) is 4.31 Å². The molecular weight excluding hydrogens is 212 g/mol. The molecule has 0 amide bonds. The minimum Gasteiger partial charge on any atom is -0.330 e. The van der Waals surface area contributed by atoms with Gasteiger partial charge < -0.3 is 5.73 Å². The van der Waals surface area contributed by atoms with E-state index in [1.54, 1.807) is 4.31 Å². The summed E-state index contributed by atoms with van der Waals surface area (Å²) in [6.07, 6.45) is 2.66. The molecule has 0 spiro atoms. The van der Waals surface area contributed by atoms with Crippen LogP contribution in [0.4, 0.5) is 0 Å². The molecule has 1 aliphatic heterocycles. The summed E-state index contributed by atoms with van der Waals surface area (Å²) < 4.78 is 25.6. The fourth-order valence-electron chi connectivity index (χ4n) is 2.02. The molecule has 90 valence electrons. The first-order chi connectivity index (χ1) is 6.97. The summed E-state index contributed by atoms with van der Waals surface area (Å²) >= 11 is 0. The summed E-state index contributed by atoms with van der Waals surface area (Å²) in [5, 5.41) is 0. The Morgan fingerprint density at radius 3 is 2.60 bits per heavy atom. The van der Waals surface area contributed by atoms with Gasteiger partial charge in [-0.15, -0.1) is 0 Å². The number of rotatable bonds is 4. The third-order valence-electron chi connectivity index (χ3n) is 3.02. The Bertz CT molecular complexity index is 290. The molecule has 1 aliphatic rings. The van der Waals surface area contributed by atoms with Gasteiger partial charge in [-0.05, 0) is 38.6 Å². The molecule has 0 aromatic rings. The van der Waals surface area contributed by atoms with Crippen LogP contribution < -0.4 is 5.73 Å². The molecule has 15 heavy (non-hydrogen) atoms. The van der Waals surface area contributed by atoms with Crippen molar-refractivity contribution in [2.45, 2.75) is 39.2 Å². The van der Waals surface area contributed by atoms with Crippen LogP contribution in [0.5, 0.6) is 0 Å². The van der Waals surface area contributed by atoms with Crippen LogP contribution in [0, 0.1) is 5.92 Å². The van der Waals surface area contributed by atoms with E-state index < -0.39 is 10.0 Å². The van der Waals surface area contributed by atoms with Crippen LogP contribution in [-0.4, -0.2) is 37.6 Å². The highest BCUT2D eigenvalue weighted by molar-refractivity contribution is 7.89. The van der Waals surface area contributed by atoms with Crippen LogP contribution in [0.2, 0.25) is 0 Å². The summed E-state index contributed by atoms with van der Waals surface area (Å²) in [5.41, 5.74) is 5.34. The van der Waals surface area contributed by atoms with Crippen molar-refractivity contribution in [2.75, 3.05) is 18.8 Å². The maximum atomic E-state index is 12.0. The van der Waals surface area contributed by atoms with Gasteiger partial charge in [0.15, 0.2) is 0 Å². The predicted molar refractivity (Wildman–Crippen MR) is 62.0 cm³/mol. The lowest BCUT2D eigenvalue weighted by molar-refractivity contribution is 0.218. The maximum absolute atomic E-state index is 12.0. The third-order valence-corrected chi connectivity index (χ3v) is 5.05. The van der Waals surface area contributed by atoms with Crippen LogP contribution in [0.3, 0.4) is 0 Å². The zero-order valence-electron chi connectivity index (χ0n) is 9.65. The number of hydrogen-bond acceptors (Lipinski definition) is 3. The quantitative estimate of drug-likeness (QED) is 0.782. The molecule has 0 aromatic carbocycles. The van der Waals surface area contributed by atoms with Crippen LogP contribution >= 0.6 is 0 Å². The maximum Gasteiger partial charge on any atom is 0.214 e. The summed E-state index contributed by atoms with van der Waals surface area (Å²) in [6, 6.07) is 0.156. The first-order valence-electron chi connectivity index (χ1n) is 5.67. The zero-order chi connectivity index (χ0) is 11.5. The second kappa shape index (κ2) is 5.27. The Morgan fingerprint density at radius 1 is 1.33 bits per heavy atom. The lowest BCUT2D eigenvalue weighted by atomic mass is 9.97. The van der Waals surface area contributed by atoms with E-state index in [4.69, 9.17) is 5.73 Å². The molecule has 0 bridgehead atoms. The van der Waals surface area contributed by atoms with Crippen molar-refractivity contribution < 1.29 is 8.42 Å². The van der Waals surface area contributed by atoms with Gasteiger partial charge in [-0.25, -0.2) is 8.42 Å². The Labute approximate surface area is 92.9 Å².